The van der Waals surface area contributed by atoms with Crippen LogP contribution in [0.4, 0.5) is 0 Å². The van der Waals surface area contributed by atoms with E-state index in [9.17, 15) is 18.0 Å². The maximum atomic E-state index is 12.6. The molecular weight excluding hydrogens is 471 g/mol. The summed E-state index contributed by atoms with van der Waals surface area (Å²) in [6, 6.07) is 7.30. The Bertz CT molecular complexity index is 1050. The first-order chi connectivity index (χ1) is 13.8. The predicted molar refractivity (Wildman–Crippen MR) is 118 cm³/mol. The van der Waals surface area contributed by atoms with Gasteiger partial charge in [0.15, 0.2) is 6.61 Å². The van der Waals surface area contributed by atoms with Gasteiger partial charge in [0.05, 0.1) is 21.5 Å². The molecule has 11 heteroatoms. The van der Waals surface area contributed by atoms with Gasteiger partial charge in [-0.15, -0.1) is 11.3 Å². The second kappa shape index (κ2) is 9.65. The number of rotatable bonds is 7. The zero-order valence-electron chi connectivity index (χ0n) is 16.9. The number of halogens is 2. The lowest BCUT2D eigenvalue weighted by atomic mass is 10.1. The van der Waals surface area contributed by atoms with Crippen molar-refractivity contribution in [3.05, 3.63) is 50.1 Å². The van der Waals surface area contributed by atoms with Crippen molar-refractivity contribution in [3.63, 3.8) is 0 Å². The highest BCUT2D eigenvalue weighted by Gasteiger charge is 2.26. The van der Waals surface area contributed by atoms with E-state index in [0.717, 1.165) is 10.9 Å². The summed E-state index contributed by atoms with van der Waals surface area (Å²) in [5.74, 6) is -1.25. The Balaban J connectivity index is 2.06. The summed E-state index contributed by atoms with van der Waals surface area (Å²) in [5, 5.41) is -0.0336. The molecule has 2 rings (SSSR count). The number of carbonyl (C=O) groups is 2. The van der Waals surface area contributed by atoms with E-state index in [1.165, 1.54) is 28.4 Å². The van der Waals surface area contributed by atoms with Crippen molar-refractivity contribution in [3.8, 4) is 0 Å². The van der Waals surface area contributed by atoms with Gasteiger partial charge in [-0.1, -0.05) is 23.2 Å². The van der Waals surface area contributed by atoms with Crippen LogP contribution >= 0.6 is 34.5 Å². The van der Waals surface area contributed by atoms with E-state index in [1.54, 1.807) is 33.9 Å². The largest absolute Gasteiger partial charge is 0.452 e. The van der Waals surface area contributed by atoms with Crippen molar-refractivity contribution >= 4 is 56.4 Å². The lowest BCUT2D eigenvalue weighted by molar-refractivity contribution is -0.133. The maximum absolute atomic E-state index is 12.6. The smallest absolute Gasteiger partial charge is 0.338 e. The molecule has 0 bridgehead atoms. The van der Waals surface area contributed by atoms with E-state index in [0.29, 0.717) is 10.9 Å². The van der Waals surface area contributed by atoms with Crippen LogP contribution < -0.4 is 4.72 Å². The molecule has 0 saturated carbocycles. The van der Waals surface area contributed by atoms with E-state index in [4.69, 9.17) is 27.9 Å². The first-order valence-electron chi connectivity index (χ1n) is 8.77. The average Bonchev–Trinajstić information content (AvgIpc) is 3.02. The molecule has 2 aromatic rings. The van der Waals surface area contributed by atoms with E-state index < -0.39 is 34.0 Å². The third kappa shape index (κ3) is 6.95. The maximum Gasteiger partial charge on any atom is 0.338 e. The molecule has 0 aliphatic carbocycles. The molecule has 0 spiro atoms. The molecule has 1 amide bonds. The SMILES string of the molecule is CN(Cc1ccc(Cl)s1)C(=O)COC(=O)c1ccc(Cl)c(S(=O)(=O)NC(C)(C)C)c1. The fraction of sp³-hybridized carbons (Fsp3) is 0.368. The van der Waals surface area contributed by atoms with Crippen LogP contribution in [0.1, 0.15) is 36.0 Å². The number of ether oxygens (including phenoxy) is 1. The highest BCUT2D eigenvalue weighted by atomic mass is 35.5. The number of likely N-dealkylation sites (N-methyl/N-ethyl adjacent to an activating group) is 1. The summed E-state index contributed by atoms with van der Waals surface area (Å²) >= 11 is 13.2. The van der Waals surface area contributed by atoms with Gasteiger partial charge in [-0.3, -0.25) is 4.79 Å². The van der Waals surface area contributed by atoms with Crippen LogP contribution in [0.2, 0.25) is 9.36 Å². The molecule has 0 atom stereocenters. The van der Waals surface area contributed by atoms with Crippen molar-refractivity contribution in [2.75, 3.05) is 13.7 Å². The number of hydrogen-bond donors (Lipinski definition) is 1. The highest BCUT2D eigenvalue weighted by Crippen LogP contribution is 2.25. The number of thiophene rings is 1. The molecule has 164 valence electrons. The van der Waals surface area contributed by atoms with Gasteiger partial charge in [0.1, 0.15) is 4.90 Å². The fourth-order valence-electron chi connectivity index (χ4n) is 2.37. The second-order valence-electron chi connectivity index (χ2n) is 7.53. The lowest BCUT2D eigenvalue weighted by Crippen LogP contribution is -2.40. The number of sulfonamides is 1. The summed E-state index contributed by atoms with van der Waals surface area (Å²) < 4.78 is 33.3. The highest BCUT2D eigenvalue weighted by molar-refractivity contribution is 7.89. The molecule has 0 unspecified atom stereocenters. The summed E-state index contributed by atoms with van der Waals surface area (Å²) in [6.45, 7) is 4.89. The van der Waals surface area contributed by atoms with Crippen molar-refractivity contribution in [2.45, 2.75) is 37.8 Å². The number of amides is 1. The molecule has 1 N–H and O–H groups in total. The molecule has 0 fully saturated rings. The van der Waals surface area contributed by atoms with E-state index in [1.807, 2.05) is 6.07 Å². The standard InChI is InChI=1S/C19H22Cl2N2O5S2/c1-19(2,3)22-30(26,27)15-9-12(5-7-14(15)20)18(25)28-11-17(24)23(4)10-13-6-8-16(21)29-13/h5-9,22H,10-11H2,1-4H3. The predicted octanol–water partition coefficient (Wildman–Crippen LogP) is 3.95. The van der Waals surface area contributed by atoms with Gasteiger partial charge < -0.3 is 9.64 Å². The van der Waals surface area contributed by atoms with Crippen molar-refractivity contribution < 1.29 is 22.7 Å². The van der Waals surface area contributed by atoms with Gasteiger partial charge >= 0.3 is 5.97 Å². The monoisotopic (exact) mass is 492 g/mol. The van der Waals surface area contributed by atoms with Gasteiger partial charge in [0.25, 0.3) is 5.91 Å². The average molecular weight is 493 g/mol. The Morgan fingerprint density at radius 3 is 2.40 bits per heavy atom. The Morgan fingerprint density at radius 2 is 1.83 bits per heavy atom. The molecule has 1 aromatic carbocycles. The number of esters is 1. The zero-order valence-corrected chi connectivity index (χ0v) is 20.0. The molecule has 1 aromatic heterocycles. The Hall–Kier alpha value is -1.65. The normalized spacial score (nSPS) is 11.9. The minimum absolute atomic E-state index is 0.0332. The van der Waals surface area contributed by atoms with E-state index in [-0.39, 0.29) is 15.5 Å². The summed E-state index contributed by atoms with van der Waals surface area (Å²) in [4.78, 5) is 26.6. The van der Waals surface area contributed by atoms with Crippen LogP contribution in [0.3, 0.4) is 0 Å². The summed E-state index contributed by atoms with van der Waals surface area (Å²) in [5.41, 5.74) is -0.767. The first kappa shape index (κ1) is 24.6. The van der Waals surface area contributed by atoms with Gasteiger partial charge in [0.2, 0.25) is 10.0 Å². The van der Waals surface area contributed by atoms with E-state index in [2.05, 4.69) is 4.72 Å². The number of benzene rings is 1. The van der Waals surface area contributed by atoms with E-state index >= 15 is 0 Å². The van der Waals surface area contributed by atoms with Crippen LogP contribution in [0, 0.1) is 0 Å². The van der Waals surface area contributed by atoms with Crippen LogP contribution in [0.5, 0.6) is 0 Å². The fourth-order valence-corrected chi connectivity index (χ4v) is 5.46. The minimum atomic E-state index is -3.96. The van der Waals surface area contributed by atoms with Crippen molar-refractivity contribution in [2.24, 2.45) is 0 Å². The second-order valence-corrected chi connectivity index (χ2v) is 11.4. The lowest BCUT2D eigenvalue weighted by Gasteiger charge is -2.21. The molecule has 30 heavy (non-hydrogen) atoms. The molecule has 1 heterocycles. The number of hydrogen-bond acceptors (Lipinski definition) is 6. The number of carbonyl (C=O) groups excluding carboxylic acids is 2. The quantitative estimate of drug-likeness (QED) is 0.590. The molecule has 0 aliphatic heterocycles. The van der Waals surface area contributed by atoms with Gasteiger partial charge in [0, 0.05) is 17.5 Å². The van der Waals surface area contributed by atoms with Crippen LogP contribution in [0.15, 0.2) is 35.2 Å². The first-order valence-corrected chi connectivity index (χ1v) is 11.8. The molecule has 7 nitrogen and oxygen atoms in total. The molecular formula is C19H22Cl2N2O5S2. The Morgan fingerprint density at radius 1 is 1.17 bits per heavy atom. The Labute approximate surface area is 190 Å². The minimum Gasteiger partial charge on any atom is -0.452 e. The molecule has 0 saturated heterocycles. The number of nitrogens with zero attached hydrogens (tertiary/aromatic N) is 1. The van der Waals surface area contributed by atoms with Crippen LogP contribution in [0.25, 0.3) is 0 Å². The van der Waals surface area contributed by atoms with Crippen molar-refractivity contribution in [1.29, 1.82) is 0 Å². The van der Waals surface area contributed by atoms with Crippen LogP contribution in [-0.4, -0.2) is 44.4 Å². The van der Waals surface area contributed by atoms with Crippen molar-refractivity contribution in [1.82, 2.24) is 9.62 Å². The summed E-state index contributed by atoms with van der Waals surface area (Å²) in [7, 11) is -2.38. The molecule has 0 aliphatic rings. The van der Waals surface area contributed by atoms with Gasteiger partial charge in [-0.05, 0) is 51.1 Å². The van der Waals surface area contributed by atoms with Gasteiger partial charge in [-0.25, -0.2) is 17.9 Å². The Kier molecular flexibility index (Phi) is 7.92. The van der Waals surface area contributed by atoms with Gasteiger partial charge in [-0.2, -0.15) is 0 Å². The topological polar surface area (TPSA) is 92.8 Å². The third-order valence-electron chi connectivity index (χ3n) is 3.67. The molecule has 0 radical (unpaired) electrons. The number of nitrogens with one attached hydrogen (secondary N) is 1. The zero-order chi connectivity index (χ0) is 22.7. The third-order valence-corrected chi connectivity index (χ3v) is 7.13. The summed E-state index contributed by atoms with van der Waals surface area (Å²) in [6.07, 6.45) is 0. The van der Waals surface area contributed by atoms with Crippen LogP contribution in [-0.2, 0) is 26.1 Å².